The topological polar surface area (TPSA) is 9.23 Å². The van der Waals surface area contributed by atoms with Gasteiger partial charge in [-0.25, -0.2) is 0 Å². The van der Waals surface area contributed by atoms with Gasteiger partial charge in [0.1, 0.15) is 6.54 Å². The van der Waals surface area contributed by atoms with Crippen LogP contribution in [0.4, 0.5) is 0 Å². The Balaban J connectivity index is 0. The van der Waals surface area contributed by atoms with Crippen molar-refractivity contribution in [3.05, 3.63) is 0 Å². The molecule has 64 valence electrons. The monoisotopic (exact) mass is 167 g/mol. The highest BCUT2D eigenvalue weighted by molar-refractivity contribution is 4.25. The highest BCUT2D eigenvalue weighted by atomic mass is 35.5. The number of halogens is 1. The maximum Gasteiger partial charge on any atom is 0.102 e. The van der Waals surface area contributed by atoms with Crippen LogP contribution in [0.3, 0.4) is 0 Å². The molecule has 0 saturated heterocycles. The molecule has 0 aliphatic carbocycles. The summed E-state index contributed by atoms with van der Waals surface area (Å²) >= 11 is 0. The highest BCUT2D eigenvalue weighted by Crippen LogP contribution is 1.88. The fourth-order valence-electron chi connectivity index (χ4n) is 0.483. The minimum Gasteiger partial charge on any atom is -1.00 e. The van der Waals surface area contributed by atoms with E-state index in [1.54, 1.807) is 0 Å². The van der Waals surface area contributed by atoms with Crippen molar-refractivity contribution in [2.75, 3.05) is 40.9 Å². The number of likely N-dealkylation sites (N-methyl/N-ethyl adjacent to an activating group) is 1. The molecule has 0 rings (SSSR count). The molecule has 0 N–H and O–H groups in total. The Kier molecular flexibility index (Phi) is 7.65. The summed E-state index contributed by atoms with van der Waals surface area (Å²) in [5.41, 5.74) is 0. The zero-order chi connectivity index (χ0) is 7.33. The van der Waals surface area contributed by atoms with E-state index in [-0.39, 0.29) is 12.4 Å². The summed E-state index contributed by atoms with van der Waals surface area (Å²) < 4.78 is 6.18. The first-order valence-corrected chi connectivity index (χ1v) is 3.44. The number of hydrogen-bond donors (Lipinski definition) is 0. The third-order valence-electron chi connectivity index (χ3n) is 1.11. The van der Waals surface area contributed by atoms with Crippen molar-refractivity contribution < 1.29 is 21.6 Å². The normalized spacial score (nSPS) is 10.8. The van der Waals surface area contributed by atoms with Gasteiger partial charge in [-0.15, -0.1) is 0 Å². The second-order valence-corrected chi connectivity index (χ2v) is 3.21. The molecule has 2 nitrogen and oxygen atoms in total. The van der Waals surface area contributed by atoms with E-state index in [4.69, 9.17) is 4.74 Å². The molecule has 0 amide bonds. The van der Waals surface area contributed by atoms with Crippen LogP contribution in [0.15, 0.2) is 0 Å². The third-order valence-corrected chi connectivity index (χ3v) is 1.11. The summed E-state index contributed by atoms with van der Waals surface area (Å²) in [6.07, 6.45) is 0. The first-order valence-electron chi connectivity index (χ1n) is 3.44. The standard InChI is InChI=1S/C7H18NO.ClH/c1-5-9-7-6-8(2,3)4;/h5-7H2,1-4H3;1H/q+1;/p-1. The van der Waals surface area contributed by atoms with Crippen LogP contribution in [-0.2, 0) is 4.74 Å². The van der Waals surface area contributed by atoms with Gasteiger partial charge in [-0.05, 0) is 6.92 Å². The molecule has 0 fully saturated rings. The van der Waals surface area contributed by atoms with Gasteiger partial charge in [-0.1, -0.05) is 0 Å². The molecule has 0 heterocycles. The maximum absolute atomic E-state index is 5.19. The molecule has 0 aromatic rings. The van der Waals surface area contributed by atoms with E-state index in [2.05, 4.69) is 21.1 Å². The van der Waals surface area contributed by atoms with Gasteiger partial charge in [0.05, 0.1) is 27.7 Å². The van der Waals surface area contributed by atoms with Gasteiger partial charge in [-0.3, -0.25) is 0 Å². The summed E-state index contributed by atoms with van der Waals surface area (Å²) in [4.78, 5) is 0. The van der Waals surface area contributed by atoms with Gasteiger partial charge >= 0.3 is 0 Å². The van der Waals surface area contributed by atoms with E-state index in [0.29, 0.717) is 0 Å². The van der Waals surface area contributed by atoms with Crippen molar-refractivity contribution in [3.8, 4) is 0 Å². The molecule has 0 unspecified atom stereocenters. The zero-order valence-electron chi connectivity index (χ0n) is 7.35. The van der Waals surface area contributed by atoms with E-state index < -0.39 is 0 Å². The predicted molar refractivity (Wildman–Crippen MR) is 39.4 cm³/mol. The van der Waals surface area contributed by atoms with Crippen LogP contribution in [0.5, 0.6) is 0 Å². The SMILES string of the molecule is CCOCC[N+](C)(C)C.[Cl-]. The van der Waals surface area contributed by atoms with Gasteiger partial charge in [0.25, 0.3) is 0 Å². The summed E-state index contributed by atoms with van der Waals surface area (Å²) in [6, 6.07) is 0. The van der Waals surface area contributed by atoms with E-state index >= 15 is 0 Å². The average molecular weight is 168 g/mol. The Morgan fingerprint density at radius 1 is 1.20 bits per heavy atom. The highest BCUT2D eigenvalue weighted by Gasteiger charge is 2.04. The van der Waals surface area contributed by atoms with Crippen LogP contribution in [0, 0.1) is 0 Å². The first-order chi connectivity index (χ1) is 4.06. The molecular formula is C7H18ClNO. The summed E-state index contributed by atoms with van der Waals surface area (Å²) in [5.74, 6) is 0. The van der Waals surface area contributed by atoms with Crippen molar-refractivity contribution in [1.82, 2.24) is 0 Å². The number of quaternary nitrogens is 1. The molecule has 0 radical (unpaired) electrons. The minimum absolute atomic E-state index is 0. The Hall–Kier alpha value is 0.210. The fraction of sp³-hybridized carbons (Fsp3) is 1.00. The van der Waals surface area contributed by atoms with Gasteiger partial charge in [-0.2, -0.15) is 0 Å². The molecule has 0 atom stereocenters. The lowest BCUT2D eigenvalue weighted by atomic mass is 10.5. The third kappa shape index (κ3) is 11.1. The van der Waals surface area contributed by atoms with Gasteiger partial charge in [0.2, 0.25) is 0 Å². The van der Waals surface area contributed by atoms with Crippen LogP contribution >= 0.6 is 0 Å². The van der Waals surface area contributed by atoms with Gasteiger partial charge in [0, 0.05) is 6.61 Å². The lowest BCUT2D eigenvalue weighted by molar-refractivity contribution is -0.870. The zero-order valence-corrected chi connectivity index (χ0v) is 8.11. The van der Waals surface area contributed by atoms with Crippen molar-refractivity contribution in [3.63, 3.8) is 0 Å². The van der Waals surface area contributed by atoms with Crippen LogP contribution in [0.1, 0.15) is 6.92 Å². The molecule has 0 spiro atoms. The van der Waals surface area contributed by atoms with Crippen molar-refractivity contribution >= 4 is 0 Å². The summed E-state index contributed by atoms with van der Waals surface area (Å²) in [7, 11) is 6.50. The molecule has 0 bridgehead atoms. The molecule has 0 aromatic carbocycles. The maximum atomic E-state index is 5.19. The van der Waals surface area contributed by atoms with E-state index in [9.17, 15) is 0 Å². The molecule has 0 saturated carbocycles. The molecule has 3 heteroatoms. The van der Waals surface area contributed by atoms with Crippen molar-refractivity contribution in [2.24, 2.45) is 0 Å². The molecular weight excluding hydrogens is 150 g/mol. The fourth-order valence-corrected chi connectivity index (χ4v) is 0.483. The lowest BCUT2D eigenvalue weighted by Crippen LogP contribution is -3.00. The van der Waals surface area contributed by atoms with E-state index in [1.165, 1.54) is 0 Å². The Morgan fingerprint density at radius 3 is 2.00 bits per heavy atom. The Morgan fingerprint density at radius 2 is 1.70 bits per heavy atom. The van der Waals surface area contributed by atoms with Crippen LogP contribution in [0.25, 0.3) is 0 Å². The number of ether oxygens (including phenoxy) is 1. The van der Waals surface area contributed by atoms with Crippen LogP contribution in [0.2, 0.25) is 0 Å². The Labute approximate surface area is 70.2 Å². The molecule has 0 aliphatic heterocycles. The smallest absolute Gasteiger partial charge is 0.102 e. The molecule has 0 aliphatic rings. The minimum atomic E-state index is 0. The van der Waals surface area contributed by atoms with Gasteiger partial charge < -0.3 is 21.6 Å². The number of rotatable bonds is 4. The lowest BCUT2D eigenvalue weighted by Gasteiger charge is -2.23. The van der Waals surface area contributed by atoms with Crippen LogP contribution < -0.4 is 12.4 Å². The number of nitrogens with zero attached hydrogens (tertiary/aromatic N) is 1. The largest absolute Gasteiger partial charge is 1.00 e. The molecule has 0 aromatic heterocycles. The van der Waals surface area contributed by atoms with E-state index in [0.717, 1.165) is 24.2 Å². The predicted octanol–water partition coefficient (Wildman–Crippen LogP) is -2.27. The number of hydrogen-bond acceptors (Lipinski definition) is 1. The summed E-state index contributed by atoms with van der Waals surface area (Å²) in [6.45, 7) is 4.82. The van der Waals surface area contributed by atoms with Crippen LogP contribution in [-0.4, -0.2) is 45.4 Å². The quantitative estimate of drug-likeness (QED) is 0.339. The van der Waals surface area contributed by atoms with Gasteiger partial charge in [0.15, 0.2) is 0 Å². The van der Waals surface area contributed by atoms with Crippen molar-refractivity contribution in [2.45, 2.75) is 6.92 Å². The average Bonchev–Trinajstić information content (AvgIpc) is 1.63. The van der Waals surface area contributed by atoms with E-state index in [1.807, 2.05) is 6.92 Å². The second-order valence-electron chi connectivity index (χ2n) is 3.21. The molecule has 10 heavy (non-hydrogen) atoms. The Bertz CT molecular complexity index is 70.5. The second kappa shape index (κ2) is 5.96. The van der Waals surface area contributed by atoms with Crippen molar-refractivity contribution in [1.29, 1.82) is 0 Å². The first kappa shape index (κ1) is 12.8. The summed E-state index contributed by atoms with van der Waals surface area (Å²) in [5, 5.41) is 0.